The standard InChI is InChI=1S/C71H44N5O3S/c77-80(78)69-32-16-15-31-67(69)79-68-42-58-56(43-70(68)80)53-38-46(76-61-28-12-9-24-51(61)57-39-47(34-36-62(57)76)75-59-26-10-7-22-49(59)50-23-8-11-27-60(50)75)33-35-48(53)54-40-65-66(41-55(54)52-25-17-37-72-71(52)58)74(45-20-5-2-6-21-45)64-30-14-13-29-63(64)73(65)44-18-3-1-4-19-44/h1-42H,43H2/q+1. The Morgan fingerprint density at radius 2 is 1.10 bits per heavy atom. The summed E-state index contributed by atoms with van der Waals surface area (Å²) in [7, 11) is -3.98. The van der Waals surface area contributed by atoms with Crippen LogP contribution in [0, 0.1) is 10.4 Å². The Labute approximate surface area is 459 Å². The van der Waals surface area contributed by atoms with Gasteiger partial charge in [-0.15, -0.1) is 4.58 Å². The lowest BCUT2D eigenvalue weighted by atomic mass is 9.85. The Bertz CT molecular complexity index is 5280. The third-order valence-electron chi connectivity index (χ3n) is 16.6. The van der Waals surface area contributed by atoms with Crippen molar-refractivity contribution < 1.29 is 13.2 Å². The zero-order valence-electron chi connectivity index (χ0n) is 42.8. The van der Waals surface area contributed by atoms with Crippen LogP contribution in [0.5, 0.6) is 5.75 Å². The van der Waals surface area contributed by atoms with Crippen LogP contribution in [0.4, 0.5) is 28.4 Å². The third kappa shape index (κ3) is 6.34. The fraction of sp³-hybridized carbons (Fsp3) is 0.0141. The third-order valence-corrected chi connectivity index (χ3v) is 18.5. The molecule has 3 aromatic heterocycles. The van der Waals surface area contributed by atoms with Crippen molar-refractivity contribution in [1.29, 1.82) is 0 Å². The molecule has 5 heterocycles. The Morgan fingerprint density at radius 3 is 1.86 bits per heavy atom. The van der Waals surface area contributed by atoms with Gasteiger partial charge in [0.05, 0.1) is 32.7 Å². The van der Waals surface area contributed by atoms with Gasteiger partial charge in [-0.2, -0.15) is 0 Å². The minimum Gasteiger partial charge on any atom is -0.455 e. The van der Waals surface area contributed by atoms with E-state index in [0.29, 0.717) is 11.5 Å². The molecule has 0 fully saturated rings. The Balaban J connectivity index is 1.01. The monoisotopic (exact) mass is 1050 g/mol. The van der Waals surface area contributed by atoms with E-state index in [0.717, 1.165) is 122 Å². The average molecular weight is 1050 g/mol. The summed E-state index contributed by atoms with van der Waals surface area (Å²) in [6, 6.07) is 84.9. The average Bonchev–Trinajstić information content (AvgIpc) is 4.16. The number of pyridine rings is 1. The van der Waals surface area contributed by atoms with Gasteiger partial charge in [-0.05, 0) is 124 Å². The second kappa shape index (κ2) is 16.8. The lowest BCUT2D eigenvalue weighted by Gasteiger charge is -2.30. The van der Waals surface area contributed by atoms with E-state index in [1.807, 2.05) is 24.4 Å². The number of fused-ring (bicyclic) bond motifs is 15. The van der Waals surface area contributed by atoms with E-state index in [-0.39, 0.29) is 16.2 Å². The number of benzene rings is 10. The topological polar surface area (TPSA) is 72.4 Å². The summed E-state index contributed by atoms with van der Waals surface area (Å²) < 4.78 is 43.7. The highest BCUT2D eigenvalue weighted by molar-refractivity contribution is 7.95. The van der Waals surface area contributed by atoms with Gasteiger partial charge in [0, 0.05) is 86.6 Å². The quantitative estimate of drug-likeness (QED) is 0.164. The second-order valence-electron chi connectivity index (χ2n) is 20.8. The van der Waals surface area contributed by atoms with Crippen LogP contribution in [0.1, 0.15) is 12.1 Å². The number of allylic oxidation sites excluding steroid dienone is 3. The summed E-state index contributed by atoms with van der Waals surface area (Å²) in [6.07, 6.45) is 3.85. The summed E-state index contributed by atoms with van der Waals surface area (Å²) in [4.78, 5) is 8.02. The molecule has 80 heavy (non-hydrogen) atoms. The molecule has 0 N–H and O–H groups in total. The maximum atomic E-state index is 15.0. The molecule has 0 spiro atoms. The van der Waals surface area contributed by atoms with Crippen molar-refractivity contribution in [2.75, 3.05) is 4.90 Å². The van der Waals surface area contributed by atoms with Gasteiger partial charge < -0.3 is 13.9 Å². The molecule has 4 aliphatic rings. The highest BCUT2D eigenvalue weighted by Gasteiger charge is 2.39. The summed E-state index contributed by atoms with van der Waals surface area (Å²) in [6.45, 7) is 0. The van der Waals surface area contributed by atoms with Crippen LogP contribution in [0.15, 0.2) is 270 Å². The van der Waals surface area contributed by atoms with Crippen LogP contribution >= 0.6 is 0 Å². The van der Waals surface area contributed by atoms with Crippen LogP contribution < -0.4 is 24.8 Å². The van der Waals surface area contributed by atoms with Crippen LogP contribution in [-0.2, 0) is 9.84 Å². The summed E-state index contributed by atoms with van der Waals surface area (Å²) >= 11 is 0. The maximum absolute atomic E-state index is 15.0. The first-order chi connectivity index (χ1) is 39.5. The molecule has 0 atom stereocenters. The van der Waals surface area contributed by atoms with Crippen LogP contribution in [0.2, 0.25) is 0 Å². The number of aromatic nitrogens is 3. The van der Waals surface area contributed by atoms with Crippen molar-refractivity contribution in [1.82, 2.24) is 18.7 Å². The molecule has 0 saturated heterocycles. The van der Waals surface area contributed by atoms with E-state index >= 15 is 0 Å². The number of para-hydroxylation sites is 8. The molecule has 2 aliphatic carbocycles. The molecule has 0 bridgehead atoms. The highest BCUT2D eigenvalue weighted by Crippen LogP contribution is 2.49. The highest BCUT2D eigenvalue weighted by atomic mass is 32.2. The molecule has 0 amide bonds. The molecule has 9 heteroatoms. The van der Waals surface area contributed by atoms with Gasteiger partial charge in [-0.25, -0.2) is 8.42 Å². The molecule has 2 aliphatic heterocycles. The zero-order chi connectivity index (χ0) is 52.8. The molecule has 0 unspecified atom stereocenters. The van der Waals surface area contributed by atoms with Crippen molar-refractivity contribution in [2.24, 2.45) is 0 Å². The second-order valence-corrected chi connectivity index (χ2v) is 22.8. The predicted molar refractivity (Wildman–Crippen MR) is 321 cm³/mol. The largest absolute Gasteiger partial charge is 0.455 e. The number of anilines is 3. The number of ether oxygens (including phenoxy) is 1. The van der Waals surface area contributed by atoms with E-state index in [1.54, 1.807) is 18.2 Å². The molecule has 17 rings (SSSR count). The van der Waals surface area contributed by atoms with E-state index < -0.39 is 9.84 Å². The first-order valence-electron chi connectivity index (χ1n) is 26.9. The van der Waals surface area contributed by atoms with Gasteiger partial charge in [-0.3, -0.25) is 9.88 Å². The number of hydrogen-bond acceptors (Lipinski definition) is 5. The maximum Gasteiger partial charge on any atom is 0.236 e. The fourth-order valence-electron chi connectivity index (χ4n) is 13.2. The number of nitrogens with zero attached hydrogens (tertiary/aromatic N) is 5. The van der Waals surface area contributed by atoms with Gasteiger partial charge >= 0.3 is 0 Å². The smallest absolute Gasteiger partial charge is 0.236 e. The van der Waals surface area contributed by atoms with E-state index in [1.165, 1.54) is 10.8 Å². The van der Waals surface area contributed by atoms with Crippen molar-refractivity contribution in [2.45, 2.75) is 11.3 Å². The Morgan fingerprint density at radius 1 is 0.475 bits per heavy atom. The fourth-order valence-corrected chi connectivity index (χ4v) is 14.8. The van der Waals surface area contributed by atoms with Crippen molar-refractivity contribution in [3.63, 3.8) is 0 Å². The SMILES string of the molecule is O=S1(=O)C2=C(C=C3C(=c4cc(-n5c6ccccc6c6cc(-n7c8ccccc8c8ccccc87)ccc65)ccc4=c4cc5c(cc4-c4cccnc43)=[N+](c3ccccc3)c3ccccc3N5c3ccccc3)C2)Oc2ccccc21. The van der Waals surface area contributed by atoms with E-state index in [4.69, 9.17) is 9.72 Å². The van der Waals surface area contributed by atoms with Crippen molar-refractivity contribution in [3.8, 4) is 28.3 Å². The van der Waals surface area contributed by atoms with Gasteiger partial charge in [0.1, 0.15) is 27.8 Å². The van der Waals surface area contributed by atoms with Gasteiger partial charge in [-0.1, -0.05) is 127 Å². The molecule has 10 aromatic carbocycles. The van der Waals surface area contributed by atoms with Crippen LogP contribution in [-0.4, -0.2) is 22.5 Å². The number of sulfone groups is 1. The molecule has 8 nitrogen and oxygen atoms in total. The molecule has 0 saturated carbocycles. The minimum atomic E-state index is -3.98. The zero-order valence-corrected chi connectivity index (χ0v) is 43.6. The van der Waals surface area contributed by atoms with Crippen molar-refractivity contribution >= 4 is 93.0 Å². The lowest BCUT2D eigenvalue weighted by molar-refractivity contribution is 0.419. The summed E-state index contributed by atoms with van der Waals surface area (Å²) in [5.74, 6) is 0.630. The van der Waals surface area contributed by atoms with E-state index in [2.05, 4.69) is 231 Å². The molecule has 13 aromatic rings. The number of hydrogen-bond donors (Lipinski definition) is 0. The molecule has 376 valence electrons. The molecule has 0 radical (unpaired) electrons. The minimum absolute atomic E-state index is 0.0885. The van der Waals surface area contributed by atoms with E-state index in [9.17, 15) is 8.42 Å². The van der Waals surface area contributed by atoms with Gasteiger partial charge in [0.2, 0.25) is 26.6 Å². The molecular formula is C71H44N5O3S+. The van der Waals surface area contributed by atoms with Crippen LogP contribution in [0.25, 0.3) is 77.3 Å². The molecular weight excluding hydrogens is 1000 g/mol. The predicted octanol–water partition coefficient (Wildman–Crippen LogP) is 15.2. The van der Waals surface area contributed by atoms with Gasteiger partial charge in [0.25, 0.3) is 0 Å². The normalized spacial score (nSPS) is 14.7. The summed E-state index contributed by atoms with van der Waals surface area (Å²) in [5, 5.41) is 8.54. The first kappa shape index (κ1) is 44.7. The Kier molecular flexibility index (Phi) is 9.41. The summed E-state index contributed by atoms with van der Waals surface area (Å²) in [5.41, 5.74) is 15.9. The van der Waals surface area contributed by atoms with Crippen LogP contribution in [0.3, 0.4) is 0 Å². The Hall–Kier alpha value is -10.4. The van der Waals surface area contributed by atoms with Crippen molar-refractivity contribution in [3.05, 3.63) is 292 Å². The lowest BCUT2D eigenvalue weighted by Crippen LogP contribution is -2.33. The van der Waals surface area contributed by atoms with Gasteiger partial charge in [0.15, 0.2) is 0 Å². The first-order valence-corrected chi connectivity index (χ1v) is 28.4. The number of rotatable bonds is 4.